The molecule has 0 saturated heterocycles. The van der Waals surface area contributed by atoms with E-state index in [0.29, 0.717) is 11.4 Å². The first-order valence-electron chi connectivity index (χ1n) is 18.6. The van der Waals surface area contributed by atoms with Crippen molar-refractivity contribution in [3.05, 3.63) is 206 Å². The number of hydrogen-bond acceptors (Lipinski definition) is 3. The van der Waals surface area contributed by atoms with Crippen molar-refractivity contribution in [2.24, 2.45) is 0 Å². The van der Waals surface area contributed by atoms with Gasteiger partial charge in [-0.15, -0.1) is 0 Å². The molecule has 3 heteroatoms. The van der Waals surface area contributed by atoms with Crippen molar-refractivity contribution in [3.8, 4) is 78.3 Å². The van der Waals surface area contributed by atoms with Gasteiger partial charge in [0.2, 0.25) is 0 Å². The Bertz CT molecular complexity index is 2870. The Morgan fingerprint density at radius 1 is 0.291 bits per heavy atom. The van der Waals surface area contributed by atoms with E-state index in [1.54, 1.807) is 0 Å². The molecule has 0 amide bonds. The summed E-state index contributed by atoms with van der Waals surface area (Å²) in [6, 6.07) is 72.6. The van der Waals surface area contributed by atoms with E-state index in [4.69, 9.17) is 14.4 Å². The molecule has 2 heterocycles. The summed E-state index contributed by atoms with van der Waals surface area (Å²) < 4.78 is 6.38. The molecule has 0 radical (unpaired) electrons. The van der Waals surface area contributed by atoms with Crippen LogP contribution in [-0.2, 0) is 0 Å². The highest BCUT2D eigenvalue weighted by Gasteiger charge is 2.18. The van der Waals surface area contributed by atoms with E-state index in [-0.39, 0.29) is 0 Å². The molecule has 0 spiro atoms. The molecule has 55 heavy (non-hydrogen) atoms. The largest absolute Gasteiger partial charge is 0.452 e. The normalized spacial score (nSPS) is 11.3. The molecule has 0 aliphatic heterocycles. The maximum Gasteiger partial charge on any atom is 0.180 e. The van der Waals surface area contributed by atoms with Crippen molar-refractivity contribution < 1.29 is 4.42 Å². The molecule has 10 aromatic rings. The summed E-state index contributed by atoms with van der Waals surface area (Å²) in [5.41, 5.74) is 16.6. The van der Waals surface area contributed by atoms with E-state index >= 15 is 0 Å². The highest BCUT2D eigenvalue weighted by Crippen LogP contribution is 2.39. The zero-order chi connectivity index (χ0) is 36.6. The minimum absolute atomic E-state index is 0.655. The molecule has 0 unspecified atom stereocenters. The lowest BCUT2D eigenvalue weighted by Gasteiger charge is -2.14. The third kappa shape index (κ3) is 6.28. The molecule has 0 fully saturated rings. The highest BCUT2D eigenvalue weighted by molar-refractivity contribution is 6.07. The molecule has 0 aliphatic carbocycles. The summed E-state index contributed by atoms with van der Waals surface area (Å²) in [6.45, 7) is 0. The van der Waals surface area contributed by atoms with Gasteiger partial charge in [-0.3, -0.25) is 0 Å². The quantitative estimate of drug-likeness (QED) is 0.166. The number of rotatable bonds is 7. The number of benzene rings is 8. The van der Waals surface area contributed by atoms with Crippen LogP contribution in [0.5, 0.6) is 0 Å². The Balaban J connectivity index is 1.14. The van der Waals surface area contributed by atoms with Gasteiger partial charge < -0.3 is 4.42 Å². The Morgan fingerprint density at radius 2 is 0.673 bits per heavy atom. The van der Waals surface area contributed by atoms with Crippen molar-refractivity contribution in [2.75, 3.05) is 0 Å². The van der Waals surface area contributed by atoms with E-state index in [9.17, 15) is 0 Å². The van der Waals surface area contributed by atoms with Gasteiger partial charge in [0.25, 0.3) is 0 Å². The van der Waals surface area contributed by atoms with Crippen LogP contribution < -0.4 is 0 Å². The Morgan fingerprint density at radius 3 is 1.20 bits per heavy atom. The van der Waals surface area contributed by atoms with Gasteiger partial charge in [-0.25, -0.2) is 9.97 Å². The van der Waals surface area contributed by atoms with Gasteiger partial charge in [0.1, 0.15) is 16.8 Å². The number of nitrogens with zero attached hydrogens (tertiary/aromatic N) is 2. The predicted molar refractivity (Wildman–Crippen MR) is 227 cm³/mol. The van der Waals surface area contributed by atoms with Gasteiger partial charge in [0, 0.05) is 16.5 Å². The fourth-order valence-electron chi connectivity index (χ4n) is 7.49. The lowest BCUT2D eigenvalue weighted by atomic mass is 9.91. The molecular formula is C52H34N2O. The standard InChI is InChI=1S/C52H34N2O/c1-4-15-35(16-5-1)38-21-12-23-40(29-38)44-32-45(41-24-13-22-39(30-41)36-17-6-2-7-18-36)34-46(33-44)42-25-14-26-43(31-42)52-53-49(37-19-8-3-9-20-37)51-50(54-52)47-27-10-11-28-48(47)55-51/h1-34H. The van der Waals surface area contributed by atoms with Crippen molar-refractivity contribution in [1.82, 2.24) is 9.97 Å². The molecule has 0 aliphatic rings. The number of aromatic nitrogens is 2. The van der Waals surface area contributed by atoms with Crippen molar-refractivity contribution in [1.29, 1.82) is 0 Å². The molecule has 8 aromatic carbocycles. The van der Waals surface area contributed by atoms with E-state index in [1.165, 1.54) is 22.3 Å². The molecule has 0 N–H and O–H groups in total. The second-order valence-corrected chi connectivity index (χ2v) is 13.8. The summed E-state index contributed by atoms with van der Waals surface area (Å²) in [5, 5.41) is 0.974. The van der Waals surface area contributed by atoms with Crippen molar-refractivity contribution in [2.45, 2.75) is 0 Å². The van der Waals surface area contributed by atoms with E-state index in [1.807, 2.05) is 36.4 Å². The third-order valence-electron chi connectivity index (χ3n) is 10.3. The van der Waals surface area contributed by atoms with Crippen LogP contribution in [0.4, 0.5) is 0 Å². The highest BCUT2D eigenvalue weighted by atomic mass is 16.3. The molecular weight excluding hydrogens is 669 g/mol. The van der Waals surface area contributed by atoms with Gasteiger partial charge in [-0.05, 0) is 104 Å². The molecule has 258 valence electrons. The van der Waals surface area contributed by atoms with Gasteiger partial charge >= 0.3 is 0 Å². The fourth-order valence-corrected chi connectivity index (χ4v) is 7.49. The summed E-state index contributed by atoms with van der Waals surface area (Å²) in [4.78, 5) is 10.3. The molecule has 0 bridgehead atoms. The number of fused-ring (bicyclic) bond motifs is 3. The maximum atomic E-state index is 6.38. The monoisotopic (exact) mass is 702 g/mol. The summed E-state index contributed by atoms with van der Waals surface area (Å²) in [7, 11) is 0. The minimum atomic E-state index is 0.655. The Labute approximate surface area is 319 Å². The third-order valence-corrected chi connectivity index (χ3v) is 10.3. The van der Waals surface area contributed by atoms with Crippen LogP contribution in [0.15, 0.2) is 211 Å². The van der Waals surface area contributed by atoms with E-state index in [0.717, 1.165) is 66.7 Å². The zero-order valence-corrected chi connectivity index (χ0v) is 29.9. The molecule has 0 atom stereocenters. The minimum Gasteiger partial charge on any atom is -0.452 e. The predicted octanol–water partition coefficient (Wildman–Crippen LogP) is 14.0. The van der Waals surface area contributed by atoms with Gasteiger partial charge in [-0.2, -0.15) is 0 Å². The number of hydrogen-bond donors (Lipinski definition) is 0. The Hall–Kier alpha value is -7.36. The fraction of sp³-hybridized carbons (Fsp3) is 0. The molecule has 2 aromatic heterocycles. The van der Waals surface area contributed by atoms with Crippen LogP contribution in [0, 0.1) is 0 Å². The van der Waals surface area contributed by atoms with Crippen LogP contribution in [0.1, 0.15) is 0 Å². The summed E-state index contributed by atoms with van der Waals surface area (Å²) in [5.74, 6) is 0.655. The summed E-state index contributed by atoms with van der Waals surface area (Å²) in [6.07, 6.45) is 0. The van der Waals surface area contributed by atoms with Crippen LogP contribution >= 0.6 is 0 Å². The number of para-hydroxylation sites is 1. The average molecular weight is 703 g/mol. The first-order valence-corrected chi connectivity index (χ1v) is 18.6. The Kier molecular flexibility index (Phi) is 8.16. The van der Waals surface area contributed by atoms with Gasteiger partial charge in [0.05, 0.1) is 0 Å². The lowest BCUT2D eigenvalue weighted by molar-refractivity contribution is 0.667. The van der Waals surface area contributed by atoms with Crippen LogP contribution in [-0.4, -0.2) is 9.97 Å². The second kappa shape index (κ2) is 13.9. The van der Waals surface area contributed by atoms with E-state index in [2.05, 4.69) is 170 Å². The smallest absolute Gasteiger partial charge is 0.180 e. The zero-order valence-electron chi connectivity index (χ0n) is 29.9. The van der Waals surface area contributed by atoms with Crippen LogP contribution in [0.25, 0.3) is 100 Å². The van der Waals surface area contributed by atoms with Crippen LogP contribution in [0.2, 0.25) is 0 Å². The van der Waals surface area contributed by atoms with Crippen molar-refractivity contribution in [3.63, 3.8) is 0 Å². The average Bonchev–Trinajstić information content (AvgIpc) is 3.66. The molecule has 0 saturated carbocycles. The second-order valence-electron chi connectivity index (χ2n) is 13.8. The first-order chi connectivity index (χ1) is 27.2. The van der Waals surface area contributed by atoms with Gasteiger partial charge in [0.15, 0.2) is 11.4 Å². The summed E-state index contributed by atoms with van der Waals surface area (Å²) >= 11 is 0. The van der Waals surface area contributed by atoms with Gasteiger partial charge in [-0.1, -0.05) is 158 Å². The van der Waals surface area contributed by atoms with Crippen LogP contribution in [0.3, 0.4) is 0 Å². The lowest BCUT2D eigenvalue weighted by Crippen LogP contribution is -1.94. The molecule has 10 rings (SSSR count). The number of furan rings is 1. The van der Waals surface area contributed by atoms with E-state index < -0.39 is 0 Å². The molecule has 3 nitrogen and oxygen atoms in total. The SMILES string of the molecule is c1ccc(-c2cccc(-c3cc(-c4cccc(-c5ccccc5)c4)cc(-c4cccc(-c5nc(-c6ccccc6)c6oc7ccccc7c6n5)c4)c3)c2)cc1. The topological polar surface area (TPSA) is 38.9 Å². The maximum absolute atomic E-state index is 6.38. The van der Waals surface area contributed by atoms with Crippen molar-refractivity contribution >= 4 is 22.1 Å². The first kappa shape index (κ1) is 32.3.